The van der Waals surface area contributed by atoms with Crippen LogP contribution < -0.4 is 5.32 Å². The molecule has 0 aromatic heterocycles. The highest BCUT2D eigenvalue weighted by atomic mass is 16.2. The van der Waals surface area contributed by atoms with Gasteiger partial charge in [-0.1, -0.05) is 36.8 Å². The number of nitrogens with one attached hydrogen (secondary N) is 1. The zero-order valence-corrected chi connectivity index (χ0v) is 14.4. The highest BCUT2D eigenvalue weighted by Crippen LogP contribution is 2.37. The van der Waals surface area contributed by atoms with Gasteiger partial charge in [-0.25, -0.2) is 4.79 Å². The fourth-order valence-corrected chi connectivity index (χ4v) is 3.57. The van der Waals surface area contributed by atoms with Gasteiger partial charge in [0.2, 0.25) is 5.91 Å². The van der Waals surface area contributed by atoms with Gasteiger partial charge in [0.1, 0.15) is 0 Å². The Morgan fingerprint density at radius 2 is 1.67 bits per heavy atom. The van der Waals surface area contributed by atoms with Crippen LogP contribution in [0.25, 0.3) is 0 Å². The van der Waals surface area contributed by atoms with Crippen molar-refractivity contribution in [2.24, 2.45) is 5.92 Å². The molecule has 1 heterocycles. The molecule has 3 amide bonds. The summed E-state index contributed by atoms with van der Waals surface area (Å²) in [7, 11) is 0. The fourth-order valence-electron chi connectivity index (χ4n) is 3.57. The van der Waals surface area contributed by atoms with Crippen LogP contribution in [0.4, 0.5) is 4.79 Å². The van der Waals surface area contributed by atoms with Crippen molar-refractivity contribution in [2.45, 2.75) is 38.6 Å². The number of benzene rings is 1. The van der Waals surface area contributed by atoms with Crippen LogP contribution in [-0.4, -0.2) is 47.9 Å². The normalized spacial score (nSPS) is 20.0. The maximum atomic E-state index is 12.8. The van der Waals surface area contributed by atoms with E-state index in [4.69, 9.17) is 0 Å². The molecule has 5 heteroatoms. The van der Waals surface area contributed by atoms with Crippen molar-refractivity contribution in [1.82, 2.24) is 15.1 Å². The van der Waals surface area contributed by atoms with Crippen molar-refractivity contribution >= 4 is 11.9 Å². The zero-order chi connectivity index (χ0) is 16.9. The molecule has 130 valence electrons. The van der Waals surface area contributed by atoms with Crippen molar-refractivity contribution in [1.29, 1.82) is 0 Å². The maximum absolute atomic E-state index is 12.8. The van der Waals surface area contributed by atoms with Crippen molar-refractivity contribution in [3.8, 4) is 0 Å². The van der Waals surface area contributed by atoms with Crippen molar-refractivity contribution in [2.75, 3.05) is 26.2 Å². The van der Waals surface area contributed by atoms with Gasteiger partial charge < -0.3 is 15.1 Å². The third kappa shape index (κ3) is 3.89. The van der Waals surface area contributed by atoms with Crippen LogP contribution in [0.15, 0.2) is 30.3 Å². The standard InChI is InChI=1S/C19H27N3O2/c1-15(23)21-11-6-12-22(14-13-21)19(24)20-18(17-9-5-10-17)16-7-3-2-4-8-16/h2-4,7-8,17-18H,5-6,9-14H2,1H3,(H,20,24)/t18-/m0/s1. The molecule has 1 aliphatic heterocycles. The molecule has 2 fully saturated rings. The first-order valence-electron chi connectivity index (χ1n) is 9.01. The molecular weight excluding hydrogens is 302 g/mol. The summed E-state index contributed by atoms with van der Waals surface area (Å²) in [5.41, 5.74) is 1.19. The molecule has 2 aliphatic rings. The van der Waals surface area contributed by atoms with Gasteiger partial charge in [-0.2, -0.15) is 0 Å². The van der Waals surface area contributed by atoms with Gasteiger partial charge in [-0.05, 0) is 30.7 Å². The molecule has 24 heavy (non-hydrogen) atoms. The number of rotatable bonds is 3. The summed E-state index contributed by atoms with van der Waals surface area (Å²) in [4.78, 5) is 28.0. The van der Waals surface area contributed by atoms with E-state index < -0.39 is 0 Å². The summed E-state index contributed by atoms with van der Waals surface area (Å²) < 4.78 is 0. The van der Waals surface area contributed by atoms with Crippen LogP contribution in [-0.2, 0) is 4.79 Å². The first kappa shape index (κ1) is 16.8. The van der Waals surface area contributed by atoms with Gasteiger partial charge in [-0.15, -0.1) is 0 Å². The molecule has 1 atom stereocenters. The van der Waals surface area contributed by atoms with Crippen molar-refractivity contribution in [3.05, 3.63) is 35.9 Å². The lowest BCUT2D eigenvalue weighted by molar-refractivity contribution is -0.128. The van der Waals surface area contributed by atoms with Crippen molar-refractivity contribution in [3.63, 3.8) is 0 Å². The lowest BCUT2D eigenvalue weighted by Gasteiger charge is -2.36. The Morgan fingerprint density at radius 3 is 2.29 bits per heavy atom. The molecule has 1 aromatic rings. The Bertz CT molecular complexity index is 571. The Labute approximate surface area is 144 Å². The van der Waals surface area contributed by atoms with Crippen molar-refractivity contribution < 1.29 is 9.59 Å². The number of nitrogens with zero attached hydrogens (tertiary/aromatic N) is 2. The highest BCUT2D eigenvalue weighted by molar-refractivity contribution is 5.76. The van der Waals surface area contributed by atoms with Crippen LogP contribution in [0, 0.1) is 5.92 Å². The zero-order valence-electron chi connectivity index (χ0n) is 14.4. The molecule has 5 nitrogen and oxygen atoms in total. The van der Waals surface area contributed by atoms with E-state index in [0.29, 0.717) is 25.6 Å². The fraction of sp³-hybridized carbons (Fsp3) is 0.579. The van der Waals surface area contributed by atoms with Gasteiger partial charge in [0, 0.05) is 33.1 Å². The molecule has 0 radical (unpaired) electrons. The Balaban J connectivity index is 1.64. The number of carbonyl (C=O) groups excluding carboxylic acids is 2. The largest absolute Gasteiger partial charge is 0.341 e. The van der Waals surface area contributed by atoms with Crippen LogP contribution in [0.5, 0.6) is 0 Å². The third-order valence-electron chi connectivity index (χ3n) is 5.29. The predicted octanol–water partition coefficient (Wildman–Crippen LogP) is 2.79. The predicted molar refractivity (Wildman–Crippen MR) is 93.5 cm³/mol. The van der Waals surface area contributed by atoms with Gasteiger partial charge >= 0.3 is 6.03 Å². The Hall–Kier alpha value is -2.04. The number of hydrogen-bond donors (Lipinski definition) is 1. The van der Waals surface area contributed by atoms with Crippen LogP contribution in [0.1, 0.15) is 44.2 Å². The molecule has 1 aliphatic carbocycles. The molecule has 1 aromatic carbocycles. The van der Waals surface area contributed by atoms with E-state index in [2.05, 4.69) is 17.4 Å². The minimum absolute atomic E-state index is 0.00107. The lowest BCUT2D eigenvalue weighted by Crippen LogP contribution is -2.46. The average molecular weight is 329 g/mol. The van der Waals surface area contributed by atoms with Crippen LogP contribution in [0.3, 0.4) is 0 Å². The molecule has 1 N–H and O–H groups in total. The number of amides is 3. The molecule has 1 saturated carbocycles. The van der Waals surface area contributed by atoms with E-state index in [1.807, 2.05) is 28.0 Å². The minimum atomic E-state index is 0.00107. The summed E-state index contributed by atoms with van der Waals surface area (Å²) in [5.74, 6) is 0.630. The number of urea groups is 1. The summed E-state index contributed by atoms with van der Waals surface area (Å²) in [6, 6.07) is 10.4. The smallest absolute Gasteiger partial charge is 0.317 e. The van der Waals surface area contributed by atoms with Crippen LogP contribution >= 0.6 is 0 Å². The molecule has 0 spiro atoms. The lowest BCUT2D eigenvalue weighted by atomic mass is 9.77. The summed E-state index contributed by atoms with van der Waals surface area (Å²) in [6.07, 6.45) is 4.45. The molecule has 1 saturated heterocycles. The summed E-state index contributed by atoms with van der Waals surface area (Å²) in [5, 5.41) is 3.26. The monoisotopic (exact) mass is 329 g/mol. The summed E-state index contributed by atoms with van der Waals surface area (Å²) >= 11 is 0. The Morgan fingerprint density at radius 1 is 1.00 bits per heavy atom. The van der Waals surface area contributed by atoms with Gasteiger partial charge in [0.15, 0.2) is 0 Å². The van der Waals surface area contributed by atoms with E-state index in [0.717, 1.165) is 13.0 Å². The SMILES string of the molecule is CC(=O)N1CCCN(C(=O)N[C@@H](c2ccccc2)C2CCC2)CC1. The van der Waals surface area contributed by atoms with E-state index >= 15 is 0 Å². The molecule has 0 unspecified atom stereocenters. The second-order valence-electron chi connectivity index (χ2n) is 6.88. The molecular formula is C19H27N3O2. The van der Waals surface area contributed by atoms with Gasteiger partial charge in [-0.3, -0.25) is 4.79 Å². The van der Waals surface area contributed by atoms with E-state index in [1.54, 1.807) is 6.92 Å². The van der Waals surface area contributed by atoms with E-state index in [-0.39, 0.29) is 18.0 Å². The Kier molecular flexibility index (Phi) is 5.38. The second kappa shape index (κ2) is 7.69. The van der Waals surface area contributed by atoms with Gasteiger partial charge in [0.05, 0.1) is 6.04 Å². The van der Waals surface area contributed by atoms with E-state index in [9.17, 15) is 9.59 Å². The topological polar surface area (TPSA) is 52.7 Å². The first-order valence-corrected chi connectivity index (χ1v) is 9.01. The number of carbonyl (C=O) groups is 2. The second-order valence-corrected chi connectivity index (χ2v) is 6.88. The molecule has 0 bridgehead atoms. The first-order chi connectivity index (χ1) is 11.6. The number of hydrogen-bond acceptors (Lipinski definition) is 2. The summed E-state index contributed by atoms with van der Waals surface area (Å²) in [6.45, 7) is 4.28. The average Bonchev–Trinajstić information content (AvgIpc) is 2.79. The molecule has 3 rings (SSSR count). The van der Waals surface area contributed by atoms with Crippen LogP contribution in [0.2, 0.25) is 0 Å². The highest BCUT2D eigenvalue weighted by Gasteiger charge is 2.31. The maximum Gasteiger partial charge on any atom is 0.317 e. The van der Waals surface area contributed by atoms with E-state index in [1.165, 1.54) is 24.8 Å². The quantitative estimate of drug-likeness (QED) is 0.927. The third-order valence-corrected chi connectivity index (χ3v) is 5.29. The minimum Gasteiger partial charge on any atom is -0.341 e. The van der Waals surface area contributed by atoms with Gasteiger partial charge in [0.25, 0.3) is 0 Å².